The first-order valence-electron chi connectivity index (χ1n) is 7.84. The molecule has 2 nitrogen and oxygen atoms in total. The molecule has 1 aliphatic carbocycles. The van der Waals surface area contributed by atoms with Gasteiger partial charge in [-0.2, -0.15) is 0 Å². The van der Waals surface area contributed by atoms with Crippen molar-refractivity contribution in [2.45, 2.75) is 56.1 Å². The van der Waals surface area contributed by atoms with Crippen molar-refractivity contribution in [3.63, 3.8) is 0 Å². The van der Waals surface area contributed by atoms with E-state index in [1.807, 2.05) is 0 Å². The van der Waals surface area contributed by atoms with Gasteiger partial charge in [0.15, 0.2) is 0 Å². The van der Waals surface area contributed by atoms with Crippen molar-refractivity contribution < 1.29 is 5.11 Å². The number of hydrogen-bond acceptors (Lipinski definition) is 2. The highest BCUT2D eigenvalue weighted by Gasteiger charge is 2.48. The van der Waals surface area contributed by atoms with Crippen LogP contribution in [0.4, 0.5) is 0 Å². The highest BCUT2D eigenvalue weighted by atomic mass is 16.3. The molecule has 0 radical (unpaired) electrons. The van der Waals surface area contributed by atoms with E-state index in [9.17, 15) is 5.11 Å². The predicted molar refractivity (Wildman–Crippen MR) is 76.1 cm³/mol. The Morgan fingerprint density at radius 1 is 1.00 bits per heavy atom. The molecule has 0 aromatic heterocycles. The molecule has 3 aliphatic rings. The zero-order valence-electron chi connectivity index (χ0n) is 11.5. The van der Waals surface area contributed by atoms with E-state index in [4.69, 9.17) is 0 Å². The van der Waals surface area contributed by atoms with E-state index < -0.39 is 5.60 Å². The van der Waals surface area contributed by atoms with Crippen molar-refractivity contribution in [2.24, 2.45) is 0 Å². The summed E-state index contributed by atoms with van der Waals surface area (Å²) in [4.78, 5) is 2.47. The Morgan fingerprint density at radius 3 is 2.47 bits per heavy atom. The second-order valence-corrected chi connectivity index (χ2v) is 6.62. The Balaban J connectivity index is 1.60. The van der Waals surface area contributed by atoms with Crippen molar-refractivity contribution in [3.05, 3.63) is 35.4 Å². The Hall–Kier alpha value is -0.860. The maximum absolute atomic E-state index is 11.1. The van der Waals surface area contributed by atoms with Crippen molar-refractivity contribution in [2.75, 3.05) is 13.1 Å². The van der Waals surface area contributed by atoms with Crippen LogP contribution in [-0.4, -0.2) is 29.1 Å². The fourth-order valence-electron chi connectivity index (χ4n) is 4.24. The highest BCUT2D eigenvalue weighted by Crippen LogP contribution is 2.43. The van der Waals surface area contributed by atoms with Gasteiger partial charge in [-0.1, -0.05) is 30.7 Å². The summed E-state index contributed by atoms with van der Waals surface area (Å²) in [5.41, 5.74) is 2.03. The Labute approximate surface area is 115 Å². The fraction of sp³-hybridized carbons (Fsp3) is 0.647. The van der Waals surface area contributed by atoms with E-state index in [0.29, 0.717) is 6.04 Å². The zero-order valence-corrected chi connectivity index (χ0v) is 11.5. The summed E-state index contributed by atoms with van der Waals surface area (Å²) in [7, 11) is 0. The summed E-state index contributed by atoms with van der Waals surface area (Å²) in [5, 5.41) is 11.1. The maximum Gasteiger partial charge on any atom is 0.106 e. The summed E-state index contributed by atoms with van der Waals surface area (Å²) in [6.45, 7) is 2.23. The molecule has 2 heteroatoms. The van der Waals surface area contributed by atoms with E-state index in [2.05, 4.69) is 29.2 Å². The Bertz CT molecular complexity index is 465. The van der Waals surface area contributed by atoms with Crippen LogP contribution < -0.4 is 0 Å². The minimum absolute atomic E-state index is 0.363. The molecular formula is C17H23NO. The molecule has 2 aliphatic heterocycles. The summed E-state index contributed by atoms with van der Waals surface area (Å²) in [6.07, 6.45) is 7.38. The second kappa shape index (κ2) is 4.32. The molecule has 2 unspecified atom stereocenters. The highest BCUT2D eigenvalue weighted by molar-refractivity contribution is 5.32. The number of nitrogens with zero attached hydrogens (tertiary/aromatic N) is 1. The standard InChI is InChI=1S/C17H23NO/c19-17(10-12-18-11-2-5-16(17)18)15-8-6-14(7-9-15)13-3-1-4-13/h6-9,13,16,19H,1-5,10-12H2. The molecule has 3 fully saturated rings. The van der Waals surface area contributed by atoms with E-state index in [1.165, 1.54) is 37.8 Å². The maximum atomic E-state index is 11.1. The van der Waals surface area contributed by atoms with Gasteiger partial charge >= 0.3 is 0 Å². The molecule has 0 spiro atoms. The minimum atomic E-state index is -0.589. The smallest absolute Gasteiger partial charge is 0.106 e. The van der Waals surface area contributed by atoms with Gasteiger partial charge in [0.1, 0.15) is 5.60 Å². The SMILES string of the molecule is OC1(c2ccc(C3CCC3)cc2)CCN2CCCC21. The molecule has 2 saturated heterocycles. The third-order valence-corrected chi connectivity index (χ3v) is 5.68. The number of aliphatic hydroxyl groups is 1. The van der Waals surface area contributed by atoms with Gasteiger partial charge in [0.25, 0.3) is 0 Å². The topological polar surface area (TPSA) is 23.5 Å². The Kier molecular flexibility index (Phi) is 2.71. The molecule has 0 amide bonds. The van der Waals surface area contributed by atoms with E-state index in [-0.39, 0.29) is 0 Å². The van der Waals surface area contributed by atoms with Gasteiger partial charge in [-0.15, -0.1) is 0 Å². The quantitative estimate of drug-likeness (QED) is 0.880. The molecule has 1 aromatic carbocycles. The largest absolute Gasteiger partial charge is 0.383 e. The molecule has 1 saturated carbocycles. The van der Waals surface area contributed by atoms with Gasteiger partial charge < -0.3 is 5.11 Å². The third-order valence-electron chi connectivity index (χ3n) is 5.68. The average molecular weight is 257 g/mol. The van der Waals surface area contributed by atoms with Crippen LogP contribution in [0.5, 0.6) is 0 Å². The van der Waals surface area contributed by atoms with E-state index in [1.54, 1.807) is 0 Å². The van der Waals surface area contributed by atoms with Gasteiger partial charge in [-0.25, -0.2) is 0 Å². The van der Waals surface area contributed by atoms with Gasteiger partial charge in [0.05, 0.1) is 0 Å². The molecule has 1 aromatic rings. The van der Waals surface area contributed by atoms with Crippen molar-refractivity contribution in [1.82, 2.24) is 4.90 Å². The molecule has 19 heavy (non-hydrogen) atoms. The van der Waals surface area contributed by atoms with Crippen LogP contribution in [0, 0.1) is 0 Å². The second-order valence-electron chi connectivity index (χ2n) is 6.62. The zero-order chi connectivity index (χ0) is 12.9. The predicted octanol–water partition coefficient (Wildman–Crippen LogP) is 3.01. The van der Waals surface area contributed by atoms with Crippen LogP contribution in [0.3, 0.4) is 0 Å². The third kappa shape index (κ3) is 1.77. The summed E-state index contributed by atoms with van der Waals surface area (Å²) in [5.74, 6) is 0.787. The van der Waals surface area contributed by atoms with Crippen LogP contribution >= 0.6 is 0 Å². The monoisotopic (exact) mass is 257 g/mol. The normalized spacial score (nSPS) is 35.3. The molecule has 2 heterocycles. The number of fused-ring (bicyclic) bond motifs is 1. The van der Waals surface area contributed by atoms with Crippen molar-refractivity contribution in [3.8, 4) is 0 Å². The molecule has 0 bridgehead atoms. The molecule has 102 valence electrons. The van der Waals surface area contributed by atoms with Gasteiger partial charge in [-0.3, -0.25) is 4.90 Å². The fourth-order valence-corrected chi connectivity index (χ4v) is 4.24. The first-order valence-corrected chi connectivity index (χ1v) is 7.84. The summed E-state index contributed by atoms with van der Waals surface area (Å²) < 4.78 is 0. The molecule has 1 N–H and O–H groups in total. The van der Waals surface area contributed by atoms with E-state index in [0.717, 1.165) is 30.9 Å². The van der Waals surface area contributed by atoms with Crippen molar-refractivity contribution >= 4 is 0 Å². The van der Waals surface area contributed by atoms with E-state index >= 15 is 0 Å². The summed E-state index contributed by atoms with van der Waals surface area (Å²) >= 11 is 0. The van der Waals surface area contributed by atoms with Gasteiger partial charge in [0, 0.05) is 12.6 Å². The molecular weight excluding hydrogens is 234 g/mol. The van der Waals surface area contributed by atoms with Crippen LogP contribution in [0.2, 0.25) is 0 Å². The first-order chi connectivity index (χ1) is 9.27. The van der Waals surface area contributed by atoms with Crippen molar-refractivity contribution in [1.29, 1.82) is 0 Å². The molecule has 2 atom stereocenters. The Morgan fingerprint density at radius 2 is 1.79 bits per heavy atom. The lowest BCUT2D eigenvalue weighted by Crippen LogP contribution is -2.38. The summed E-state index contributed by atoms with van der Waals surface area (Å²) in [6, 6.07) is 9.26. The lowest BCUT2D eigenvalue weighted by Gasteiger charge is -2.31. The number of hydrogen-bond donors (Lipinski definition) is 1. The number of benzene rings is 1. The minimum Gasteiger partial charge on any atom is -0.383 e. The lowest BCUT2D eigenvalue weighted by atomic mass is 9.78. The lowest BCUT2D eigenvalue weighted by molar-refractivity contribution is 0.00936. The van der Waals surface area contributed by atoms with Gasteiger partial charge in [-0.05, 0) is 55.7 Å². The van der Waals surface area contributed by atoms with Crippen LogP contribution in [0.25, 0.3) is 0 Å². The van der Waals surface area contributed by atoms with Crippen LogP contribution in [0.15, 0.2) is 24.3 Å². The molecule has 4 rings (SSSR count). The first kappa shape index (κ1) is 11.9. The van der Waals surface area contributed by atoms with Crippen LogP contribution in [0.1, 0.15) is 55.6 Å². The van der Waals surface area contributed by atoms with Gasteiger partial charge in [0.2, 0.25) is 0 Å². The average Bonchev–Trinajstić information content (AvgIpc) is 2.93. The van der Waals surface area contributed by atoms with Crippen LogP contribution in [-0.2, 0) is 5.60 Å². The number of rotatable bonds is 2.